The Morgan fingerprint density at radius 1 is 0.286 bits per heavy atom. The average molecular weight is 715 g/mol. The predicted octanol–water partition coefficient (Wildman–Crippen LogP) is 13.2. The van der Waals surface area contributed by atoms with Gasteiger partial charge in [-0.1, -0.05) is 158 Å². The van der Waals surface area contributed by atoms with E-state index in [4.69, 9.17) is 9.97 Å². The van der Waals surface area contributed by atoms with Crippen LogP contribution in [0.15, 0.2) is 207 Å². The number of pyridine rings is 4. The van der Waals surface area contributed by atoms with E-state index in [1.165, 1.54) is 27.6 Å². The third-order valence-corrected chi connectivity index (χ3v) is 10.4. The highest BCUT2D eigenvalue weighted by Crippen LogP contribution is 2.42. The van der Waals surface area contributed by atoms with Gasteiger partial charge < -0.3 is 0 Å². The summed E-state index contributed by atoms with van der Waals surface area (Å²) >= 11 is 0. The molecule has 0 fully saturated rings. The van der Waals surface area contributed by atoms with Crippen LogP contribution in [0, 0.1) is 0 Å². The van der Waals surface area contributed by atoms with Crippen LogP contribution in [0.1, 0.15) is 0 Å². The first kappa shape index (κ1) is 33.0. The van der Waals surface area contributed by atoms with E-state index in [1.54, 1.807) is 12.4 Å². The van der Waals surface area contributed by atoms with Gasteiger partial charge in [-0.3, -0.25) is 9.97 Å². The molecule has 0 N–H and O–H groups in total. The normalized spacial score (nSPS) is 11.2. The third-order valence-electron chi connectivity index (χ3n) is 10.4. The number of hydrogen-bond acceptors (Lipinski definition) is 4. The van der Waals surface area contributed by atoms with E-state index in [2.05, 4.69) is 168 Å². The standard InChI is InChI=1S/C52H34N4/c1-3-13-35(14-4-1)36-25-29-40(30-26-36)51-44-19-11-17-42(38-15-5-2-6-16-38)50(44)45-20-12-18-43(52(45)56-51)39-27-23-37(24-28-39)41-33-48(46-21-7-9-31-53-46)55-49(34-41)47-22-8-10-32-54-47/h1-34H. The molecule has 0 saturated heterocycles. The van der Waals surface area contributed by atoms with Crippen molar-refractivity contribution in [3.05, 3.63) is 207 Å². The van der Waals surface area contributed by atoms with Crippen LogP contribution in [0.2, 0.25) is 0 Å². The van der Waals surface area contributed by atoms with Crippen molar-refractivity contribution >= 4 is 21.7 Å². The van der Waals surface area contributed by atoms with Crippen LogP contribution < -0.4 is 0 Å². The fourth-order valence-corrected chi connectivity index (χ4v) is 7.67. The Morgan fingerprint density at radius 3 is 1.38 bits per heavy atom. The van der Waals surface area contributed by atoms with Crippen LogP contribution >= 0.6 is 0 Å². The summed E-state index contributed by atoms with van der Waals surface area (Å²) in [6.07, 6.45) is 3.60. The van der Waals surface area contributed by atoms with E-state index in [1.807, 2.05) is 36.4 Å². The zero-order valence-corrected chi connectivity index (χ0v) is 30.4. The SMILES string of the molecule is c1ccc(-c2ccc(-c3nc4c(-c5ccc(-c6cc(-c7ccccn7)nc(-c7ccccn7)c6)cc5)cccc4c4c(-c5ccccc5)cccc34)cc2)cc1. The maximum atomic E-state index is 5.54. The van der Waals surface area contributed by atoms with Gasteiger partial charge in [0.05, 0.1) is 34.0 Å². The monoisotopic (exact) mass is 714 g/mol. The quantitative estimate of drug-likeness (QED) is 0.154. The van der Waals surface area contributed by atoms with Gasteiger partial charge in [0.2, 0.25) is 0 Å². The number of aromatic nitrogens is 4. The Bertz CT molecular complexity index is 2910. The van der Waals surface area contributed by atoms with E-state index in [0.29, 0.717) is 0 Å². The van der Waals surface area contributed by atoms with Crippen molar-refractivity contribution < 1.29 is 0 Å². The van der Waals surface area contributed by atoms with E-state index in [0.717, 1.165) is 72.6 Å². The molecule has 0 aliphatic carbocycles. The summed E-state index contributed by atoms with van der Waals surface area (Å²) in [5.41, 5.74) is 15.3. The highest BCUT2D eigenvalue weighted by molar-refractivity contribution is 6.19. The molecule has 0 aliphatic rings. The van der Waals surface area contributed by atoms with Gasteiger partial charge in [0.15, 0.2) is 0 Å². The zero-order chi connectivity index (χ0) is 37.3. The first-order valence-corrected chi connectivity index (χ1v) is 18.8. The van der Waals surface area contributed by atoms with Crippen LogP contribution in [-0.4, -0.2) is 19.9 Å². The smallest absolute Gasteiger partial charge is 0.0900 e. The second kappa shape index (κ2) is 14.3. The molecule has 10 aromatic rings. The summed E-state index contributed by atoms with van der Waals surface area (Å²) < 4.78 is 0. The molecule has 0 saturated carbocycles. The van der Waals surface area contributed by atoms with E-state index >= 15 is 0 Å². The van der Waals surface area contributed by atoms with Crippen molar-refractivity contribution in [2.24, 2.45) is 0 Å². The number of hydrogen-bond donors (Lipinski definition) is 0. The minimum atomic E-state index is 0.802. The number of nitrogens with zero attached hydrogens (tertiary/aromatic N) is 4. The molecule has 56 heavy (non-hydrogen) atoms. The lowest BCUT2D eigenvalue weighted by Crippen LogP contribution is -1.95. The van der Waals surface area contributed by atoms with Gasteiger partial charge in [0.25, 0.3) is 0 Å². The fraction of sp³-hybridized carbons (Fsp3) is 0. The van der Waals surface area contributed by atoms with Gasteiger partial charge in [0, 0.05) is 39.7 Å². The number of benzene rings is 6. The van der Waals surface area contributed by atoms with Gasteiger partial charge in [-0.2, -0.15) is 0 Å². The second-order valence-electron chi connectivity index (χ2n) is 13.8. The van der Waals surface area contributed by atoms with Crippen molar-refractivity contribution in [2.45, 2.75) is 0 Å². The molecule has 0 radical (unpaired) electrons. The first-order valence-electron chi connectivity index (χ1n) is 18.8. The van der Waals surface area contributed by atoms with Gasteiger partial charge in [-0.25, -0.2) is 9.97 Å². The summed E-state index contributed by atoms with van der Waals surface area (Å²) in [5, 5.41) is 3.45. The summed E-state index contributed by atoms with van der Waals surface area (Å²) in [6, 6.07) is 67.9. The van der Waals surface area contributed by atoms with E-state index < -0.39 is 0 Å². The lowest BCUT2D eigenvalue weighted by atomic mass is 9.90. The highest BCUT2D eigenvalue weighted by Gasteiger charge is 2.18. The largest absolute Gasteiger partial charge is 0.255 e. The molecule has 0 atom stereocenters. The topological polar surface area (TPSA) is 51.6 Å². The second-order valence-corrected chi connectivity index (χ2v) is 13.8. The minimum Gasteiger partial charge on any atom is -0.255 e. The Morgan fingerprint density at radius 2 is 0.768 bits per heavy atom. The lowest BCUT2D eigenvalue weighted by molar-refractivity contribution is 1.22. The van der Waals surface area contributed by atoms with Crippen molar-refractivity contribution in [2.75, 3.05) is 0 Å². The Hall–Kier alpha value is -7.56. The van der Waals surface area contributed by atoms with Crippen LogP contribution in [0.25, 0.3) is 100 Å². The molecule has 6 aromatic carbocycles. The fourth-order valence-electron chi connectivity index (χ4n) is 7.67. The summed E-state index contributed by atoms with van der Waals surface area (Å²) in [7, 11) is 0. The molecule has 262 valence electrons. The Kier molecular flexibility index (Phi) is 8.47. The summed E-state index contributed by atoms with van der Waals surface area (Å²) in [4.78, 5) is 19.7. The van der Waals surface area contributed by atoms with Crippen molar-refractivity contribution in [1.82, 2.24) is 19.9 Å². The van der Waals surface area contributed by atoms with E-state index in [-0.39, 0.29) is 0 Å². The van der Waals surface area contributed by atoms with Crippen molar-refractivity contribution in [1.29, 1.82) is 0 Å². The first-order chi connectivity index (χ1) is 27.8. The molecular weight excluding hydrogens is 681 g/mol. The van der Waals surface area contributed by atoms with Gasteiger partial charge in [-0.05, 0) is 75.3 Å². The van der Waals surface area contributed by atoms with E-state index in [9.17, 15) is 0 Å². The molecule has 4 aromatic heterocycles. The molecule has 0 amide bonds. The molecule has 4 heterocycles. The molecule has 4 nitrogen and oxygen atoms in total. The molecule has 10 rings (SSSR count). The Labute approximate surface area is 325 Å². The highest BCUT2D eigenvalue weighted by atomic mass is 14.8. The number of fused-ring (bicyclic) bond motifs is 3. The number of para-hydroxylation sites is 1. The molecular formula is C52H34N4. The molecule has 0 aliphatic heterocycles. The summed E-state index contributed by atoms with van der Waals surface area (Å²) in [6.45, 7) is 0. The van der Waals surface area contributed by atoms with Gasteiger partial charge in [-0.15, -0.1) is 0 Å². The summed E-state index contributed by atoms with van der Waals surface area (Å²) in [5.74, 6) is 0. The predicted molar refractivity (Wildman–Crippen MR) is 231 cm³/mol. The average Bonchev–Trinajstić information content (AvgIpc) is 3.29. The molecule has 0 bridgehead atoms. The Balaban J connectivity index is 1.13. The molecule has 4 heteroatoms. The van der Waals surface area contributed by atoms with Crippen LogP contribution in [0.3, 0.4) is 0 Å². The molecule has 0 unspecified atom stereocenters. The van der Waals surface area contributed by atoms with Crippen LogP contribution in [-0.2, 0) is 0 Å². The third kappa shape index (κ3) is 6.19. The zero-order valence-electron chi connectivity index (χ0n) is 30.4. The maximum Gasteiger partial charge on any atom is 0.0900 e. The molecule has 0 spiro atoms. The lowest BCUT2D eigenvalue weighted by Gasteiger charge is -2.17. The van der Waals surface area contributed by atoms with Gasteiger partial charge in [0.1, 0.15) is 0 Å². The van der Waals surface area contributed by atoms with Crippen molar-refractivity contribution in [3.8, 4) is 78.5 Å². The van der Waals surface area contributed by atoms with Gasteiger partial charge >= 0.3 is 0 Å². The van der Waals surface area contributed by atoms with Crippen molar-refractivity contribution in [3.63, 3.8) is 0 Å². The van der Waals surface area contributed by atoms with Crippen LogP contribution in [0.4, 0.5) is 0 Å². The minimum absolute atomic E-state index is 0.802. The maximum absolute atomic E-state index is 5.54. The van der Waals surface area contributed by atoms with Crippen LogP contribution in [0.5, 0.6) is 0 Å². The number of rotatable bonds is 7.